The van der Waals surface area contributed by atoms with E-state index in [-0.39, 0.29) is 0 Å². The monoisotopic (exact) mass is 285 g/mol. The molecule has 3 aromatic rings. The largest absolute Gasteiger partial charge is 0.480 e. The van der Waals surface area contributed by atoms with Crippen LogP contribution in [0.2, 0.25) is 0 Å². The SMILES string of the molecule is O=C(O)COc1ccccc1-n1cnnc1-c1ccco1. The highest BCUT2D eigenvalue weighted by Crippen LogP contribution is 2.27. The second-order valence-electron chi connectivity index (χ2n) is 4.15. The molecule has 1 N–H and O–H groups in total. The van der Waals surface area contributed by atoms with Crippen molar-refractivity contribution >= 4 is 5.97 Å². The first kappa shape index (κ1) is 12.9. The van der Waals surface area contributed by atoms with Gasteiger partial charge in [-0.1, -0.05) is 12.1 Å². The maximum Gasteiger partial charge on any atom is 0.341 e. The number of hydrogen-bond acceptors (Lipinski definition) is 5. The minimum atomic E-state index is -1.04. The second-order valence-corrected chi connectivity index (χ2v) is 4.15. The predicted molar refractivity (Wildman–Crippen MR) is 72.2 cm³/mol. The topological polar surface area (TPSA) is 90.4 Å². The van der Waals surface area contributed by atoms with Gasteiger partial charge in [-0.05, 0) is 24.3 Å². The van der Waals surface area contributed by atoms with Crippen LogP contribution in [0.3, 0.4) is 0 Å². The van der Waals surface area contributed by atoms with Crippen LogP contribution in [0.5, 0.6) is 5.75 Å². The highest BCUT2D eigenvalue weighted by atomic mass is 16.5. The Balaban J connectivity index is 2.02. The van der Waals surface area contributed by atoms with Crippen molar-refractivity contribution < 1.29 is 19.1 Å². The lowest BCUT2D eigenvalue weighted by Crippen LogP contribution is -2.11. The number of para-hydroxylation sites is 2. The summed E-state index contributed by atoms with van der Waals surface area (Å²) in [7, 11) is 0. The average Bonchev–Trinajstić information content (AvgIpc) is 3.15. The number of carbonyl (C=O) groups is 1. The van der Waals surface area contributed by atoms with E-state index in [0.29, 0.717) is 23.0 Å². The molecule has 0 aliphatic rings. The van der Waals surface area contributed by atoms with Crippen molar-refractivity contribution in [3.8, 4) is 23.0 Å². The Hall–Kier alpha value is -3.09. The molecule has 7 nitrogen and oxygen atoms in total. The van der Waals surface area contributed by atoms with Crippen LogP contribution in [0.4, 0.5) is 0 Å². The summed E-state index contributed by atoms with van der Waals surface area (Å²) in [5, 5.41) is 16.6. The van der Waals surface area contributed by atoms with Crippen molar-refractivity contribution in [2.24, 2.45) is 0 Å². The average molecular weight is 285 g/mol. The molecule has 21 heavy (non-hydrogen) atoms. The first-order valence-electron chi connectivity index (χ1n) is 6.13. The van der Waals surface area contributed by atoms with Gasteiger partial charge in [0.2, 0.25) is 5.82 Å². The number of hydrogen-bond donors (Lipinski definition) is 1. The lowest BCUT2D eigenvalue weighted by atomic mass is 10.3. The summed E-state index contributed by atoms with van der Waals surface area (Å²) in [6, 6.07) is 10.6. The Morgan fingerprint density at radius 1 is 1.29 bits per heavy atom. The number of nitrogens with zero attached hydrogens (tertiary/aromatic N) is 3. The quantitative estimate of drug-likeness (QED) is 0.771. The smallest absolute Gasteiger partial charge is 0.341 e. The summed E-state index contributed by atoms with van der Waals surface area (Å²) in [5.41, 5.74) is 0.634. The zero-order valence-electron chi connectivity index (χ0n) is 10.8. The van der Waals surface area contributed by atoms with Crippen molar-refractivity contribution in [1.29, 1.82) is 0 Å². The van der Waals surface area contributed by atoms with E-state index >= 15 is 0 Å². The Labute approximate surface area is 119 Å². The van der Waals surface area contributed by atoms with Gasteiger partial charge >= 0.3 is 5.97 Å². The van der Waals surface area contributed by atoms with Gasteiger partial charge in [-0.15, -0.1) is 10.2 Å². The lowest BCUT2D eigenvalue weighted by Gasteiger charge is -2.11. The number of carboxylic acid groups (broad SMARTS) is 1. The summed E-state index contributed by atoms with van der Waals surface area (Å²) in [6.45, 7) is -0.421. The summed E-state index contributed by atoms with van der Waals surface area (Å²) in [6.07, 6.45) is 3.06. The van der Waals surface area contributed by atoms with E-state index in [4.69, 9.17) is 14.3 Å². The molecule has 0 unspecified atom stereocenters. The van der Waals surface area contributed by atoms with E-state index in [1.165, 1.54) is 6.33 Å². The highest BCUT2D eigenvalue weighted by Gasteiger charge is 2.15. The summed E-state index contributed by atoms with van der Waals surface area (Å²) in [5.74, 6) is 0.444. The molecule has 0 aliphatic heterocycles. The molecule has 2 aromatic heterocycles. The van der Waals surface area contributed by atoms with Gasteiger partial charge < -0.3 is 14.3 Å². The van der Waals surface area contributed by atoms with Crippen molar-refractivity contribution in [1.82, 2.24) is 14.8 Å². The third-order valence-electron chi connectivity index (χ3n) is 2.77. The molecule has 0 amide bonds. The van der Waals surface area contributed by atoms with Crippen molar-refractivity contribution in [3.63, 3.8) is 0 Å². The molecule has 0 aliphatic carbocycles. The van der Waals surface area contributed by atoms with E-state index in [9.17, 15) is 4.79 Å². The zero-order chi connectivity index (χ0) is 14.7. The first-order chi connectivity index (χ1) is 10.3. The maximum absolute atomic E-state index is 10.7. The minimum Gasteiger partial charge on any atom is -0.480 e. The molecule has 0 radical (unpaired) electrons. The van der Waals surface area contributed by atoms with Crippen LogP contribution in [0, 0.1) is 0 Å². The maximum atomic E-state index is 10.7. The molecule has 0 fully saturated rings. The van der Waals surface area contributed by atoms with Crippen LogP contribution in [0.15, 0.2) is 53.4 Å². The molecule has 0 atom stereocenters. The number of ether oxygens (including phenoxy) is 1. The van der Waals surface area contributed by atoms with Crippen molar-refractivity contribution in [2.75, 3.05) is 6.61 Å². The number of rotatable bonds is 5. The molecule has 106 valence electrons. The molecule has 0 bridgehead atoms. The fourth-order valence-electron chi connectivity index (χ4n) is 1.90. The lowest BCUT2D eigenvalue weighted by molar-refractivity contribution is -0.139. The van der Waals surface area contributed by atoms with Crippen LogP contribution in [0.25, 0.3) is 17.3 Å². The van der Waals surface area contributed by atoms with Crippen LogP contribution >= 0.6 is 0 Å². The van der Waals surface area contributed by atoms with Gasteiger partial charge in [-0.3, -0.25) is 4.57 Å². The number of carboxylic acids is 1. The van der Waals surface area contributed by atoms with Gasteiger partial charge in [0.1, 0.15) is 12.1 Å². The fourth-order valence-corrected chi connectivity index (χ4v) is 1.90. The third kappa shape index (κ3) is 2.62. The van der Waals surface area contributed by atoms with Gasteiger partial charge in [0.05, 0.1) is 12.0 Å². The standard InChI is InChI=1S/C14H11N3O4/c18-13(19)8-21-11-5-2-1-4-10(11)17-9-15-16-14(17)12-6-3-7-20-12/h1-7,9H,8H2,(H,18,19). The van der Waals surface area contributed by atoms with Crippen molar-refractivity contribution in [3.05, 3.63) is 49.0 Å². The van der Waals surface area contributed by atoms with E-state index in [2.05, 4.69) is 10.2 Å². The highest BCUT2D eigenvalue weighted by molar-refractivity contribution is 5.69. The van der Waals surface area contributed by atoms with Gasteiger partial charge in [-0.2, -0.15) is 0 Å². The second kappa shape index (κ2) is 5.49. The fraction of sp³-hybridized carbons (Fsp3) is 0.0714. The van der Waals surface area contributed by atoms with E-state index < -0.39 is 12.6 Å². The first-order valence-corrected chi connectivity index (χ1v) is 6.13. The number of benzene rings is 1. The predicted octanol–water partition coefficient (Wildman–Crippen LogP) is 1.99. The molecule has 3 rings (SSSR count). The third-order valence-corrected chi connectivity index (χ3v) is 2.77. The Morgan fingerprint density at radius 2 is 2.14 bits per heavy atom. The van der Waals surface area contributed by atoms with Crippen LogP contribution in [-0.2, 0) is 4.79 Å². The van der Waals surface area contributed by atoms with E-state index in [1.54, 1.807) is 41.2 Å². The van der Waals surface area contributed by atoms with Crippen LogP contribution in [0.1, 0.15) is 0 Å². The van der Waals surface area contributed by atoms with E-state index in [1.807, 2.05) is 6.07 Å². The Bertz CT molecular complexity index is 749. The summed E-state index contributed by atoms with van der Waals surface area (Å²) in [4.78, 5) is 10.7. The molecule has 1 aromatic carbocycles. The molecular formula is C14H11N3O4. The molecule has 0 spiro atoms. The summed E-state index contributed by atoms with van der Waals surface area (Å²) >= 11 is 0. The molecule has 0 saturated carbocycles. The molecule has 7 heteroatoms. The Kier molecular flexibility index (Phi) is 3.38. The zero-order valence-corrected chi connectivity index (χ0v) is 10.8. The van der Waals surface area contributed by atoms with Gasteiger partial charge in [-0.25, -0.2) is 4.79 Å². The van der Waals surface area contributed by atoms with Crippen molar-refractivity contribution in [2.45, 2.75) is 0 Å². The van der Waals surface area contributed by atoms with Crippen LogP contribution < -0.4 is 4.74 Å². The van der Waals surface area contributed by atoms with Gasteiger partial charge in [0.15, 0.2) is 12.4 Å². The minimum absolute atomic E-state index is 0.421. The van der Waals surface area contributed by atoms with Crippen LogP contribution in [-0.4, -0.2) is 32.4 Å². The summed E-state index contributed by atoms with van der Waals surface area (Å²) < 4.78 is 12.3. The number of furan rings is 1. The van der Waals surface area contributed by atoms with Gasteiger partial charge in [0.25, 0.3) is 0 Å². The normalized spacial score (nSPS) is 10.5. The molecular weight excluding hydrogens is 274 g/mol. The number of aromatic nitrogens is 3. The Morgan fingerprint density at radius 3 is 2.90 bits per heavy atom. The van der Waals surface area contributed by atoms with Gasteiger partial charge in [0, 0.05) is 0 Å². The number of aliphatic carboxylic acids is 1. The molecule has 0 saturated heterocycles. The van der Waals surface area contributed by atoms with E-state index in [0.717, 1.165) is 0 Å². The molecule has 2 heterocycles.